The number of azo groups is 1. The molecule has 22 heavy (non-hydrogen) atoms. The molecule has 0 fully saturated rings. The third-order valence-corrected chi connectivity index (χ3v) is 2.81. The fourth-order valence-electron chi connectivity index (χ4n) is 1.81. The van der Waals surface area contributed by atoms with Gasteiger partial charge in [-0.15, -0.1) is 0 Å². The molecule has 1 N–H and O–H groups in total. The third-order valence-electron chi connectivity index (χ3n) is 2.81. The summed E-state index contributed by atoms with van der Waals surface area (Å²) in [6.07, 6.45) is 4.82. The fourth-order valence-corrected chi connectivity index (χ4v) is 1.81. The minimum absolute atomic E-state index is 0.259. The number of hydrogen-bond donors (Lipinski definition) is 1. The van der Waals surface area contributed by atoms with Gasteiger partial charge in [0.25, 0.3) is 0 Å². The van der Waals surface area contributed by atoms with E-state index >= 15 is 0 Å². The van der Waals surface area contributed by atoms with Crippen LogP contribution in [0.25, 0.3) is 11.5 Å². The molecule has 0 spiro atoms. The summed E-state index contributed by atoms with van der Waals surface area (Å²) >= 11 is 0. The maximum Gasteiger partial charge on any atom is 0.433 e. The number of furan rings is 1. The second-order valence-corrected chi connectivity index (χ2v) is 4.28. The van der Waals surface area contributed by atoms with Crippen LogP contribution >= 0.6 is 0 Å². The van der Waals surface area contributed by atoms with E-state index in [1.54, 1.807) is 30.7 Å². The molecule has 9 heteroatoms. The van der Waals surface area contributed by atoms with Gasteiger partial charge in [-0.05, 0) is 18.2 Å². The van der Waals surface area contributed by atoms with Gasteiger partial charge in [0.2, 0.25) is 0 Å². The van der Waals surface area contributed by atoms with Crippen LogP contribution < -0.4 is 0 Å². The first kappa shape index (κ1) is 13.6. The zero-order chi connectivity index (χ0) is 15.4. The van der Waals surface area contributed by atoms with Gasteiger partial charge >= 0.3 is 5.88 Å². The molecule has 0 atom stereocenters. The summed E-state index contributed by atoms with van der Waals surface area (Å²) in [5, 5.41) is 25.4. The molecule has 0 radical (unpaired) electrons. The second kappa shape index (κ2) is 5.95. The van der Waals surface area contributed by atoms with E-state index in [-0.39, 0.29) is 12.4 Å². The number of aromatic amines is 1. The van der Waals surface area contributed by atoms with Crippen LogP contribution in [0.15, 0.2) is 57.5 Å². The van der Waals surface area contributed by atoms with Crippen LogP contribution in [0.4, 0.5) is 11.6 Å². The van der Waals surface area contributed by atoms with Crippen molar-refractivity contribution < 1.29 is 9.34 Å². The Balaban J connectivity index is 1.77. The number of nitrogens with zero attached hydrogens (tertiary/aromatic N) is 5. The van der Waals surface area contributed by atoms with E-state index in [0.717, 1.165) is 5.56 Å². The highest BCUT2D eigenvalue weighted by atomic mass is 16.6. The standard InChI is InChI=1S/C13H10N6O3/c20-19(21)12-4-3-11(22-12)13-9(7-16-18-13)6-15-17-10-2-1-5-14-8-10/h1-5,7-8H,6H2,(H,16,18). The molecular formula is C13H10N6O3. The van der Waals surface area contributed by atoms with Crippen molar-refractivity contribution in [2.24, 2.45) is 10.2 Å². The van der Waals surface area contributed by atoms with Gasteiger partial charge in [0.05, 0.1) is 25.0 Å². The van der Waals surface area contributed by atoms with Crippen molar-refractivity contribution in [2.75, 3.05) is 0 Å². The fraction of sp³-hybridized carbons (Fsp3) is 0.0769. The van der Waals surface area contributed by atoms with Crippen LogP contribution in [0.3, 0.4) is 0 Å². The van der Waals surface area contributed by atoms with Crippen LogP contribution in [0, 0.1) is 10.1 Å². The second-order valence-electron chi connectivity index (χ2n) is 4.28. The molecule has 0 unspecified atom stereocenters. The van der Waals surface area contributed by atoms with E-state index < -0.39 is 4.92 Å². The van der Waals surface area contributed by atoms with E-state index in [2.05, 4.69) is 25.4 Å². The maximum absolute atomic E-state index is 10.6. The van der Waals surface area contributed by atoms with E-state index in [4.69, 9.17) is 4.42 Å². The topological polar surface area (TPSA) is 123 Å². The molecule has 110 valence electrons. The van der Waals surface area contributed by atoms with Crippen LogP contribution in [-0.4, -0.2) is 20.1 Å². The van der Waals surface area contributed by atoms with Crippen LogP contribution in [0.1, 0.15) is 5.56 Å². The van der Waals surface area contributed by atoms with Gasteiger partial charge in [0.1, 0.15) is 16.3 Å². The minimum atomic E-state index is -0.596. The molecule has 3 aromatic rings. The number of aromatic nitrogens is 3. The Hall–Kier alpha value is -3.36. The quantitative estimate of drug-likeness (QED) is 0.440. The Morgan fingerprint density at radius 3 is 2.95 bits per heavy atom. The molecule has 0 saturated carbocycles. The predicted molar refractivity (Wildman–Crippen MR) is 75.4 cm³/mol. The summed E-state index contributed by atoms with van der Waals surface area (Å²) in [6, 6.07) is 6.34. The van der Waals surface area contributed by atoms with Crippen molar-refractivity contribution in [1.29, 1.82) is 0 Å². The Bertz CT molecular complexity index is 808. The van der Waals surface area contributed by atoms with Gasteiger partial charge in [-0.2, -0.15) is 15.3 Å². The van der Waals surface area contributed by atoms with Gasteiger partial charge in [0.15, 0.2) is 5.76 Å². The summed E-state index contributed by atoms with van der Waals surface area (Å²) < 4.78 is 5.14. The molecule has 3 heterocycles. The number of pyridine rings is 1. The normalized spacial score (nSPS) is 11.1. The van der Waals surface area contributed by atoms with Crippen molar-refractivity contribution in [3.63, 3.8) is 0 Å². The Morgan fingerprint density at radius 2 is 2.23 bits per heavy atom. The van der Waals surface area contributed by atoms with Gasteiger partial charge in [-0.1, -0.05) is 0 Å². The highest BCUT2D eigenvalue weighted by Gasteiger charge is 2.16. The molecule has 0 aliphatic heterocycles. The highest BCUT2D eigenvalue weighted by Crippen LogP contribution is 2.27. The first-order valence-electron chi connectivity index (χ1n) is 6.28. The largest absolute Gasteiger partial charge is 0.433 e. The Labute approximate surface area is 123 Å². The Morgan fingerprint density at radius 1 is 1.32 bits per heavy atom. The number of H-pyrrole nitrogens is 1. The number of rotatable bonds is 5. The molecule has 0 aliphatic rings. The summed E-state index contributed by atoms with van der Waals surface area (Å²) in [4.78, 5) is 14.0. The molecule has 0 aliphatic carbocycles. The zero-order valence-electron chi connectivity index (χ0n) is 11.2. The summed E-state index contributed by atoms with van der Waals surface area (Å²) in [6.45, 7) is 0.259. The molecule has 3 aromatic heterocycles. The van der Waals surface area contributed by atoms with Gasteiger partial charge in [-0.25, -0.2) is 0 Å². The highest BCUT2D eigenvalue weighted by molar-refractivity contribution is 5.57. The van der Waals surface area contributed by atoms with Gasteiger partial charge < -0.3 is 4.42 Å². The maximum atomic E-state index is 10.6. The predicted octanol–water partition coefficient (Wildman–Crippen LogP) is 3.26. The molecule has 0 bridgehead atoms. The van der Waals surface area contributed by atoms with Crippen LogP contribution in [-0.2, 0) is 6.54 Å². The minimum Gasteiger partial charge on any atom is -0.399 e. The van der Waals surface area contributed by atoms with Gasteiger partial charge in [-0.3, -0.25) is 20.2 Å². The molecular weight excluding hydrogens is 288 g/mol. The van der Waals surface area contributed by atoms with Crippen molar-refractivity contribution in [3.8, 4) is 11.5 Å². The molecule has 0 saturated heterocycles. The van der Waals surface area contributed by atoms with Crippen molar-refractivity contribution in [2.45, 2.75) is 6.54 Å². The van der Waals surface area contributed by atoms with E-state index in [0.29, 0.717) is 17.1 Å². The first-order valence-corrected chi connectivity index (χ1v) is 6.28. The lowest BCUT2D eigenvalue weighted by atomic mass is 10.2. The van der Waals surface area contributed by atoms with Crippen molar-refractivity contribution in [1.82, 2.24) is 15.2 Å². The summed E-state index contributed by atoms with van der Waals surface area (Å²) in [5.41, 5.74) is 1.90. The van der Waals surface area contributed by atoms with Gasteiger partial charge in [0, 0.05) is 11.8 Å². The average Bonchev–Trinajstić information content (AvgIpc) is 3.16. The molecule has 0 amide bonds. The number of nitrogens with one attached hydrogen (secondary N) is 1. The third kappa shape index (κ3) is 2.87. The molecule has 9 nitrogen and oxygen atoms in total. The van der Waals surface area contributed by atoms with E-state index in [9.17, 15) is 10.1 Å². The number of hydrogen-bond acceptors (Lipinski definition) is 7. The van der Waals surface area contributed by atoms with E-state index in [1.165, 1.54) is 12.1 Å². The average molecular weight is 298 g/mol. The van der Waals surface area contributed by atoms with E-state index in [1.807, 2.05) is 0 Å². The molecule has 0 aromatic carbocycles. The first-order chi connectivity index (χ1) is 10.7. The monoisotopic (exact) mass is 298 g/mol. The lowest BCUT2D eigenvalue weighted by Gasteiger charge is -1.95. The molecule has 3 rings (SSSR count). The lowest BCUT2D eigenvalue weighted by Crippen LogP contribution is -1.84. The van der Waals surface area contributed by atoms with Crippen LogP contribution in [0.5, 0.6) is 0 Å². The summed E-state index contributed by atoms with van der Waals surface area (Å²) in [5.74, 6) is 0.00307. The lowest BCUT2D eigenvalue weighted by molar-refractivity contribution is -0.401. The van der Waals surface area contributed by atoms with Crippen molar-refractivity contribution in [3.05, 3.63) is 58.5 Å². The van der Waals surface area contributed by atoms with Crippen LogP contribution in [0.2, 0.25) is 0 Å². The Kier molecular flexibility index (Phi) is 3.69. The van der Waals surface area contributed by atoms with Crippen molar-refractivity contribution >= 4 is 11.6 Å². The zero-order valence-corrected chi connectivity index (χ0v) is 11.2. The SMILES string of the molecule is O=[N+]([O-])c1ccc(-c2[nH]ncc2CN=Nc2cccnc2)o1. The summed E-state index contributed by atoms with van der Waals surface area (Å²) in [7, 11) is 0. The number of nitro groups is 1. The smallest absolute Gasteiger partial charge is 0.399 e.